The Balaban J connectivity index is 2.04. The highest BCUT2D eigenvalue weighted by Gasteiger charge is 2.46. The largest absolute Gasteiger partial charge is 0.480 e. The fourth-order valence-electron chi connectivity index (χ4n) is 2.98. The molecule has 1 unspecified atom stereocenters. The minimum Gasteiger partial charge on any atom is -0.480 e. The summed E-state index contributed by atoms with van der Waals surface area (Å²) in [7, 11) is 0. The van der Waals surface area contributed by atoms with Crippen LogP contribution in [0, 0.1) is 5.92 Å². The Morgan fingerprint density at radius 1 is 1.47 bits per heavy atom. The molecule has 3 nitrogen and oxygen atoms in total. The van der Waals surface area contributed by atoms with Gasteiger partial charge in [-0.2, -0.15) is 0 Å². The van der Waals surface area contributed by atoms with Gasteiger partial charge in [0.15, 0.2) is 0 Å². The first-order valence-electron chi connectivity index (χ1n) is 6.17. The van der Waals surface area contributed by atoms with Crippen LogP contribution in [0.15, 0.2) is 0 Å². The van der Waals surface area contributed by atoms with Gasteiger partial charge < -0.3 is 5.11 Å². The highest BCUT2D eigenvalue weighted by molar-refractivity contribution is 5.79. The summed E-state index contributed by atoms with van der Waals surface area (Å²) in [5.74, 6) is 0.162. The second kappa shape index (κ2) is 4.12. The van der Waals surface area contributed by atoms with Crippen molar-refractivity contribution in [3.05, 3.63) is 0 Å². The van der Waals surface area contributed by atoms with Crippen LogP contribution in [0.3, 0.4) is 0 Å². The second-order valence-electron chi connectivity index (χ2n) is 5.04. The Bertz CT molecular complexity index is 250. The van der Waals surface area contributed by atoms with Gasteiger partial charge in [-0.1, -0.05) is 13.3 Å². The third kappa shape index (κ3) is 1.78. The van der Waals surface area contributed by atoms with Crippen LogP contribution in [0.2, 0.25) is 0 Å². The predicted octanol–water partition coefficient (Wildman–Crippen LogP) is 2.12. The number of hydrogen-bond acceptors (Lipinski definition) is 2. The molecule has 1 saturated carbocycles. The average molecular weight is 211 g/mol. The molecule has 3 heteroatoms. The number of hydrogen-bond donors (Lipinski definition) is 1. The lowest BCUT2D eigenvalue weighted by atomic mass is 9.83. The molecule has 0 spiro atoms. The summed E-state index contributed by atoms with van der Waals surface area (Å²) in [6.45, 7) is 4.00. The molecular formula is C12H21NO2. The molecule has 1 saturated heterocycles. The molecule has 1 aliphatic carbocycles. The van der Waals surface area contributed by atoms with Gasteiger partial charge in [0.1, 0.15) is 5.54 Å². The molecule has 15 heavy (non-hydrogen) atoms. The van der Waals surface area contributed by atoms with Gasteiger partial charge in [-0.05, 0) is 44.6 Å². The van der Waals surface area contributed by atoms with Gasteiger partial charge >= 0.3 is 5.97 Å². The van der Waals surface area contributed by atoms with E-state index in [4.69, 9.17) is 0 Å². The highest BCUT2D eigenvalue weighted by atomic mass is 16.4. The van der Waals surface area contributed by atoms with Gasteiger partial charge in [0.2, 0.25) is 0 Å². The second-order valence-corrected chi connectivity index (χ2v) is 5.04. The molecule has 86 valence electrons. The Morgan fingerprint density at radius 2 is 2.20 bits per heavy atom. The molecule has 0 bridgehead atoms. The van der Waals surface area contributed by atoms with E-state index in [-0.39, 0.29) is 0 Å². The van der Waals surface area contributed by atoms with E-state index in [0.29, 0.717) is 0 Å². The molecule has 0 aromatic heterocycles. The maximum atomic E-state index is 11.4. The molecule has 2 aliphatic rings. The number of likely N-dealkylation sites (tertiary alicyclic amines) is 1. The fraction of sp³-hybridized carbons (Fsp3) is 0.917. The topological polar surface area (TPSA) is 40.5 Å². The first kappa shape index (κ1) is 10.9. The monoisotopic (exact) mass is 211 g/mol. The standard InChI is InChI=1S/C12H21NO2/c1-2-12(11(14)15)7-4-8-13(12)9-10-5-3-6-10/h10H,2-9H2,1H3,(H,14,15). The van der Waals surface area contributed by atoms with Crippen molar-refractivity contribution in [1.29, 1.82) is 0 Å². The fourth-order valence-corrected chi connectivity index (χ4v) is 2.98. The summed E-state index contributed by atoms with van der Waals surface area (Å²) in [6, 6.07) is 0. The van der Waals surface area contributed by atoms with Gasteiger partial charge in [-0.15, -0.1) is 0 Å². The van der Waals surface area contributed by atoms with E-state index < -0.39 is 11.5 Å². The zero-order valence-electron chi connectivity index (χ0n) is 9.54. The molecule has 0 amide bonds. The van der Waals surface area contributed by atoms with Crippen molar-refractivity contribution in [2.45, 2.75) is 51.0 Å². The summed E-state index contributed by atoms with van der Waals surface area (Å²) in [5.41, 5.74) is -0.532. The van der Waals surface area contributed by atoms with Crippen LogP contribution in [0.25, 0.3) is 0 Å². The SMILES string of the molecule is CCC1(C(=O)O)CCCN1CC1CCC1. The van der Waals surface area contributed by atoms with E-state index in [1.807, 2.05) is 6.92 Å². The highest BCUT2D eigenvalue weighted by Crippen LogP contribution is 2.36. The van der Waals surface area contributed by atoms with Crippen molar-refractivity contribution in [3.8, 4) is 0 Å². The molecule has 2 rings (SSSR count). The summed E-state index contributed by atoms with van der Waals surface area (Å²) in [6.07, 6.45) is 6.57. The lowest BCUT2D eigenvalue weighted by Crippen LogP contribution is -2.52. The van der Waals surface area contributed by atoms with Gasteiger partial charge in [0.05, 0.1) is 0 Å². The van der Waals surface area contributed by atoms with E-state index in [0.717, 1.165) is 38.3 Å². The van der Waals surface area contributed by atoms with Gasteiger partial charge in [0, 0.05) is 6.54 Å². The lowest BCUT2D eigenvalue weighted by molar-refractivity contribution is -0.150. The van der Waals surface area contributed by atoms with Crippen LogP contribution in [0.1, 0.15) is 45.4 Å². The number of aliphatic carboxylic acids is 1. The van der Waals surface area contributed by atoms with E-state index in [9.17, 15) is 9.90 Å². The predicted molar refractivity (Wildman–Crippen MR) is 58.8 cm³/mol. The average Bonchev–Trinajstić information content (AvgIpc) is 2.55. The Labute approximate surface area is 91.5 Å². The van der Waals surface area contributed by atoms with Gasteiger partial charge in [0.25, 0.3) is 0 Å². The Morgan fingerprint density at radius 3 is 2.67 bits per heavy atom. The molecule has 0 aromatic carbocycles. The molecule has 1 aliphatic heterocycles. The van der Waals surface area contributed by atoms with E-state index in [2.05, 4.69) is 4.90 Å². The minimum absolute atomic E-state index is 0.532. The van der Waals surface area contributed by atoms with Crippen LogP contribution in [-0.4, -0.2) is 34.6 Å². The molecule has 1 N–H and O–H groups in total. The van der Waals surface area contributed by atoms with Gasteiger partial charge in [-0.3, -0.25) is 9.69 Å². The van der Waals surface area contributed by atoms with Crippen LogP contribution in [0.4, 0.5) is 0 Å². The summed E-state index contributed by atoms with van der Waals surface area (Å²) in [4.78, 5) is 13.6. The third-order valence-electron chi connectivity index (χ3n) is 4.31. The van der Waals surface area contributed by atoms with Crippen molar-refractivity contribution in [2.75, 3.05) is 13.1 Å². The zero-order chi connectivity index (χ0) is 10.9. The Kier molecular flexibility index (Phi) is 3.01. The van der Waals surface area contributed by atoms with E-state index in [1.54, 1.807) is 0 Å². The smallest absolute Gasteiger partial charge is 0.324 e. The first-order chi connectivity index (χ1) is 7.19. The molecule has 1 atom stereocenters. The zero-order valence-corrected chi connectivity index (χ0v) is 9.54. The minimum atomic E-state index is -0.609. The van der Waals surface area contributed by atoms with Crippen LogP contribution in [0.5, 0.6) is 0 Å². The lowest BCUT2D eigenvalue weighted by Gasteiger charge is -2.38. The van der Waals surface area contributed by atoms with Crippen molar-refractivity contribution >= 4 is 5.97 Å². The molecule has 0 radical (unpaired) electrons. The third-order valence-corrected chi connectivity index (χ3v) is 4.31. The quantitative estimate of drug-likeness (QED) is 0.774. The number of carboxylic acid groups (broad SMARTS) is 1. The van der Waals surface area contributed by atoms with Gasteiger partial charge in [-0.25, -0.2) is 0 Å². The Hall–Kier alpha value is -0.570. The summed E-state index contributed by atoms with van der Waals surface area (Å²) in [5, 5.41) is 9.40. The van der Waals surface area contributed by atoms with Crippen molar-refractivity contribution in [3.63, 3.8) is 0 Å². The maximum Gasteiger partial charge on any atom is 0.324 e. The van der Waals surface area contributed by atoms with Crippen LogP contribution >= 0.6 is 0 Å². The summed E-state index contributed by atoms with van der Waals surface area (Å²) >= 11 is 0. The maximum absolute atomic E-state index is 11.4. The number of nitrogens with zero attached hydrogens (tertiary/aromatic N) is 1. The number of carboxylic acids is 1. The van der Waals surface area contributed by atoms with Crippen LogP contribution in [-0.2, 0) is 4.79 Å². The van der Waals surface area contributed by atoms with E-state index in [1.165, 1.54) is 19.3 Å². The normalized spacial score (nSPS) is 32.9. The van der Waals surface area contributed by atoms with Crippen LogP contribution < -0.4 is 0 Å². The number of carbonyl (C=O) groups is 1. The summed E-state index contributed by atoms with van der Waals surface area (Å²) < 4.78 is 0. The molecule has 0 aromatic rings. The first-order valence-corrected chi connectivity index (χ1v) is 6.17. The molecular weight excluding hydrogens is 190 g/mol. The van der Waals surface area contributed by atoms with Crippen molar-refractivity contribution < 1.29 is 9.90 Å². The molecule has 1 heterocycles. The number of rotatable bonds is 4. The van der Waals surface area contributed by atoms with Crippen molar-refractivity contribution in [2.24, 2.45) is 5.92 Å². The van der Waals surface area contributed by atoms with Crippen molar-refractivity contribution in [1.82, 2.24) is 4.90 Å². The molecule has 2 fully saturated rings. The van der Waals surface area contributed by atoms with E-state index >= 15 is 0 Å².